The Morgan fingerprint density at radius 3 is 3.05 bits per heavy atom. The molecule has 3 aromatic heterocycles. The van der Waals surface area contributed by atoms with E-state index in [0.717, 1.165) is 0 Å². The van der Waals surface area contributed by atoms with Crippen LogP contribution in [0.4, 0.5) is 0 Å². The summed E-state index contributed by atoms with van der Waals surface area (Å²) in [6, 6.07) is 6.99. The Morgan fingerprint density at radius 1 is 1.33 bits per heavy atom. The zero-order chi connectivity index (χ0) is 14.7. The Bertz CT molecular complexity index is 785. The van der Waals surface area contributed by atoms with Gasteiger partial charge in [0.1, 0.15) is 5.75 Å². The summed E-state index contributed by atoms with van der Waals surface area (Å²) >= 11 is 0. The van der Waals surface area contributed by atoms with Crippen molar-refractivity contribution in [1.82, 2.24) is 19.6 Å². The summed E-state index contributed by atoms with van der Waals surface area (Å²) in [5, 5.41) is 4.00. The number of ether oxygens (including phenoxy) is 2. The Hall–Kier alpha value is -2.96. The van der Waals surface area contributed by atoms with Crippen LogP contribution in [0.2, 0.25) is 0 Å². The summed E-state index contributed by atoms with van der Waals surface area (Å²) in [5.41, 5.74) is 0.565. The molecule has 0 bridgehead atoms. The van der Waals surface area contributed by atoms with E-state index in [4.69, 9.17) is 9.47 Å². The van der Waals surface area contributed by atoms with E-state index in [1.807, 2.05) is 6.92 Å². The van der Waals surface area contributed by atoms with Crippen LogP contribution in [0, 0.1) is 0 Å². The first kappa shape index (κ1) is 13.0. The number of aldehydes is 1. The molecule has 0 aliphatic rings. The van der Waals surface area contributed by atoms with Crippen LogP contribution in [-0.2, 0) is 0 Å². The Balaban J connectivity index is 1.92. The summed E-state index contributed by atoms with van der Waals surface area (Å²) in [6.07, 6.45) is 3.84. The van der Waals surface area contributed by atoms with E-state index >= 15 is 0 Å². The van der Waals surface area contributed by atoms with Gasteiger partial charge in [-0.1, -0.05) is 0 Å². The normalized spacial score (nSPS) is 10.5. The molecule has 0 atom stereocenters. The van der Waals surface area contributed by atoms with Crippen molar-refractivity contribution in [3.63, 3.8) is 0 Å². The topological polar surface area (TPSA) is 78.6 Å². The van der Waals surface area contributed by atoms with Gasteiger partial charge in [-0.2, -0.15) is 0 Å². The van der Waals surface area contributed by atoms with Gasteiger partial charge in [-0.25, -0.2) is 14.5 Å². The molecule has 3 aromatic rings. The molecule has 7 nitrogen and oxygen atoms in total. The summed E-state index contributed by atoms with van der Waals surface area (Å²) in [6.45, 7) is 2.41. The molecular weight excluding hydrogens is 272 g/mol. The van der Waals surface area contributed by atoms with Crippen molar-refractivity contribution in [2.75, 3.05) is 6.61 Å². The van der Waals surface area contributed by atoms with Crippen LogP contribution in [0.25, 0.3) is 5.65 Å². The average molecular weight is 284 g/mol. The first-order chi connectivity index (χ1) is 10.3. The van der Waals surface area contributed by atoms with E-state index in [0.29, 0.717) is 35.9 Å². The highest BCUT2D eigenvalue weighted by Crippen LogP contribution is 2.28. The predicted molar refractivity (Wildman–Crippen MR) is 73.9 cm³/mol. The van der Waals surface area contributed by atoms with Crippen molar-refractivity contribution < 1.29 is 14.3 Å². The molecule has 3 heterocycles. The minimum Gasteiger partial charge on any atom is -0.488 e. The molecule has 21 heavy (non-hydrogen) atoms. The van der Waals surface area contributed by atoms with Gasteiger partial charge in [-0.3, -0.25) is 4.79 Å². The van der Waals surface area contributed by atoms with E-state index < -0.39 is 0 Å². The second-order valence-corrected chi connectivity index (χ2v) is 4.10. The van der Waals surface area contributed by atoms with Crippen LogP contribution in [0.5, 0.6) is 17.4 Å². The highest BCUT2D eigenvalue weighted by Gasteiger charge is 2.09. The summed E-state index contributed by atoms with van der Waals surface area (Å²) < 4.78 is 12.6. The van der Waals surface area contributed by atoms with Gasteiger partial charge < -0.3 is 9.47 Å². The van der Waals surface area contributed by atoms with Gasteiger partial charge in [-0.05, 0) is 31.2 Å². The van der Waals surface area contributed by atoms with Gasteiger partial charge in [-0.15, -0.1) is 5.10 Å². The largest absolute Gasteiger partial charge is 0.488 e. The van der Waals surface area contributed by atoms with Gasteiger partial charge in [0.05, 0.1) is 12.8 Å². The fourth-order valence-corrected chi connectivity index (χ4v) is 1.82. The van der Waals surface area contributed by atoms with Crippen LogP contribution >= 0.6 is 0 Å². The molecule has 0 aliphatic carbocycles. The Kier molecular flexibility index (Phi) is 3.46. The second kappa shape index (κ2) is 5.58. The fourth-order valence-electron chi connectivity index (χ4n) is 1.82. The quantitative estimate of drug-likeness (QED) is 0.668. The van der Waals surface area contributed by atoms with Gasteiger partial charge in [0.15, 0.2) is 17.7 Å². The summed E-state index contributed by atoms with van der Waals surface area (Å²) in [4.78, 5) is 18.8. The molecule has 0 fully saturated rings. The van der Waals surface area contributed by atoms with E-state index in [2.05, 4.69) is 15.1 Å². The number of hydrogen-bond acceptors (Lipinski definition) is 6. The molecule has 0 saturated carbocycles. The number of aromatic nitrogens is 4. The van der Waals surface area contributed by atoms with Crippen LogP contribution in [0.1, 0.15) is 17.5 Å². The average Bonchev–Trinajstić information content (AvgIpc) is 2.92. The number of fused-ring (bicyclic) bond motifs is 1. The van der Waals surface area contributed by atoms with Crippen molar-refractivity contribution >= 4 is 11.9 Å². The molecule has 0 saturated heterocycles. The van der Waals surface area contributed by atoms with Gasteiger partial charge in [0.2, 0.25) is 5.82 Å². The number of rotatable bonds is 5. The number of hydrogen-bond donors (Lipinski definition) is 0. The molecule has 106 valence electrons. The second-order valence-electron chi connectivity index (χ2n) is 4.10. The minimum atomic E-state index is 0.125. The molecule has 0 spiro atoms. The van der Waals surface area contributed by atoms with Gasteiger partial charge >= 0.3 is 0 Å². The van der Waals surface area contributed by atoms with E-state index in [1.165, 1.54) is 4.52 Å². The third-order valence-electron chi connectivity index (χ3n) is 2.68. The highest BCUT2D eigenvalue weighted by molar-refractivity contribution is 5.70. The summed E-state index contributed by atoms with van der Waals surface area (Å²) in [5.74, 6) is 1.58. The minimum absolute atomic E-state index is 0.125. The molecule has 0 amide bonds. The fraction of sp³-hybridized carbons (Fsp3) is 0.143. The van der Waals surface area contributed by atoms with Crippen LogP contribution < -0.4 is 9.47 Å². The maximum absolute atomic E-state index is 10.7. The van der Waals surface area contributed by atoms with Crippen molar-refractivity contribution in [2.24, 2.45) is 0 Å². The van der Waals surface area contributed by atoms with Crippen molar-refractivity contribution in [1.29, 1.82) is 0 Å². The standard InChI is InChI=1S/C14H12N4O3/c1-2-20-11-4-3-7-15-14(11)21-10-5-6-13-16-12(9-19)17-18(13)8-10/h3-9H,2H2,1H3. The lowest BCUT2D eigenvalue weighted by atomic mass is 10.4. The molecular formula is C14H12N4O3. The molecule has 0 radical (unpaired) electrons. The Labute approximate surface area is 120 Å². The molecule has 3 rings (SSSR count). The van der Waals surface area contributed by atoms with Crippen LogP contribution in [-0.4, -0.2) is 32.5 Å². The molecule has 0 aromatic carbocycles. The third kappa shape index (κ3) is 2.66. The van der Waals surface area contributed by atoms with E-state index in [1.54, 1.807) is 36.7 Å². The number of nitrogens with zero attached hydrogens (tertiary/aromatic N) is 4. The van der Waals surface area contributed by atoms with Gasteiger partial charge in [0, 0.05) is 6.20 Å². The lowest BCUT2D eigenvalue weighted by molar-refractivity contribution is 0.111. The van der Waals surface area contributed by atoms with Gasteiger partial charge in [0.25, 0.3) is 5.88 Å². The zero-order valence-corrected chi connectivity index (χ0v) is 11.3. The SMILES string of the molecule is CCOc1cccnc1Oc1ccc2nc(C=O)nn2c1. The number of carbonyl (C=O) groups excluding carboxylic acids is 1. The highest BCUT2D eigenvalue weighted by atomic mass is 16.5. The summed E-state index contributed by atoms with van der Waals surface area (Å²) in [7, 11) is 0. The molecule has 0 aliphatic heterocycles. The first-order valence-corrected chi connectivity index (χ1v) is 6.37. The monoisotopic (exact) mass is 284 g/mol. The lowest BCUT2D eigenvalue weighted by Gasteiger charge is -2.09. The Morgan fingerprint density at radius 2 is 2.24 bits per heavy atom. The number of carbonyl (C=O) groups is 1. The molecule has 7 heteroatoms. The van der Waals surface area contributed by atoms with Crippen LogP contribution in [0.15, 0.2) is 36.7 Å². The zero-order valence-electron chi connectivity index (χ0n) is 11.3. The smallest absolute Gasteiger partial charge is 0.262 e. The van der Waals surface area contributed by atoms with E-state index in [9.17, 15) is 4.79 Å². The third-order valence-corrected chi connectivity index (χ3v) is 2.68. The number of pyridine rings is 2. The maximum atomic E-state index is 10.7. The van der Waals surface area contributed by atoms with E-state index in [-0.39, 0.29) is 5.82 Å². The lowest BCUT2D eigenvalue weighted by Crippen LogP contribution is -1.97. The molecule has 0 N–H and O–H groups in total. The van der Waals surface area contributed by atoms with Crippen LogP contribution in [0.3, 0.4) is 0 Å². The predicted octanol–water partition coefficient (Wildman–Crippen LogP) is 2.13. The van der Waals surface area contributed by atoms with Crippen molar-refractivity contribution in [3.05, 3.63) is 42.5 Å². The maximum Gasteiger partial charge on any atom is 0.262 e. The van der Waals surface area contributed by atoms with Crippen molar-refractivity contribution in [2.45, 2.75) is 6.92 Å². The molecule has 0 unspecified atom stereocenters. The first-order valence-electron chi connectivity index (χ1n) is 6.37. The van der Waals surface area contributed by atoms with Crippen molar-refractivity contribution in [3.8, 4) is 17.4 Å².